The third kappa shape index (κ3) is 3.25. The SMILES string of the molecule is Cn1cc2cc(NC(=O)C3=CCCC(C(F)(F)F)=N3)ccc2n1. The fraction of sp³-hybridized carbons (Fsp3) is 0.267. The predicted molar refractivity (Wildman–Crippen MR) is 80.2 cm³/mol. The Labute approximate surface area is 129 Å². The standard InChI is InChI=1S/C15H13F3N4O/c1-22-8-9-7-10(5-6-11(9)21-22)19-14(23)12-3-2-4-13(20-12)15(16,17)18/h3,5-8H,2,4H2,1H3,(H,19,23). The van der Waals surface area contributed by atoms with Gasteiger partial charge in [0.1, 0.15) is 11.4 Å². The highest BCUT2D eigenvalue weighted by molar-refractivity contribution is 6.07. The third-order valence-corrected chi connectivity index (χ3v) is 3.41. The Balaban J connectivity index is 1.80. The van der Waals surface area contributed by atoms with E-state index in [1.54, 1.807) is 36.1 Å². The van der Waals surface area contributed by atoms with Crippen LogP contribution in [0.2, 0.25) is 0 Å². The van der Waals surface area contributed by atoms with Gasteiger partial charge in [0.15, 0.2) is 0 Å². The molecule has 1 N–H and O–H groups in total. The topological polar surface area (TPSA) is 59.3 Å². The Hall–Kier alpha value is -2.64. The second-order valence-electron chi connectivity index (χ2n) is 5.21. The molecule has 2 heterocycles. The summed E-state index contributed by atoms with van der Waals surface area (Å²) < 4.78 is 39.7. The molecular formula is C15H13F3N4O. The molecular weight excluding hydrogens is 309 g/mol. The average Bonchev–Trinajstić information content (AvgIpc) is 2.86. The van der Waals surface area contributed by atoms with Gasteiger partial charge < -0.3 is 5.32 Å². The van der Waals surface area contributed by atoms with E-state index in [1.807, 2.05) is 0 Å². The van der Waals surface area contributed by atoms with Crippen molar-refractivity contribution in [3.8, 4) is 0 Å². The lowest BCUT2D eigenvalue weighted by Gasteiger charge is -2.15. The number of aromatic nitrogens is 2. The highest BCUT2D eigenvalue weighted by Gasteiger charge is 2.36. The summed E-state index contributed by atoms with van der Waals surface area (Å²) in [7, 11) is 1.78. The third-order valence-electron chi connectivity index (χ3n) is 3.41. The Kier molecular flexibility index (Phi) is 3.67. The molecule has 0 fully saturated rings. The van der Waals surface area contributed by atoms with E-state index in [2.05, 4.69) is 15.4 Å². The van der Waals surface area contributed by atoms with Crippen LogP contribution in [0.3, 0.4) is 0 Å². The maximum atomic E-state index is 12.7. The highest BCUT2D eigenvalue weighted by Crippen LogP contribution is 2.26. The number of aliphatic imine (C=N–C) groups is 1. The number of halogens is 3. The lowest BCUT2D eigenvalue weighted by Crippen LogP contribution is -2.26. The van der Waals surface area contributed by atoms with Crippen molar-refractivity contribution in [1.82, 2.24) is 9.78 Å². The lowest BCUT2D eigenvalue weighted by atomic mass is 10.1. The molecule has 0 unspecified atom stereocenters. The minimum Gasteiger partial charge on any atom is -0.321 e. The van der Waals surface area contributed by atoms with Gasteiger partial charge in [-0.25, -0.2) is 4.99 Å². The van der Waals surface area contributed by atoms with E-state index in [-0.39, 0.29) is 18.5 Å². The zero-order valence-corrected chi connectivity index (χ0v) is 12.2. The van der Waals surface area contributed by atoms with Crippen LogP contribution in [-0.2, 0) is 11.8 Å². The molecule has 3 rings (SSSR count). The number of amides is 1. The first kappa shape index (κ1) is 15.3. The van der Waals surface area contributed by atoms with Gasteiger partial charge in [-0.3, -0.25) is 9.48 Å². The van der Waals surface area contributed by atoms with Crippen LogP contribution >= 0.6 is 0 Å². The molecule has 8 heteroatoms. The Bertz CT molecular complexity index is 833. The predicted octanol–water partition coefficient (Wildman–Crippen LogP) is 3.19. The summed E-state index contributed by atoms with van der Waals surface area (Å²) in [5.74, 6) is -0.658. The van der Waals surface area contributed by atoms with Crippen molar-refractivity contribution in [2.75, 3.05) is 5.32 Å². The first-order valence-corrected chi connectivity index (χ1v) is 6.92. The van der Waals surface area contributed by atoms with Gasteiger partial charge in [0.25, 0.3) is 5.91 Å². The number of rotatable bonds is 2. The molecule has 1 aliphatic rings. The molecule has 5 nitrogen and oxygen atoms in total. The van der Waals surface area contributed by atoms with Crippen molar-refractivity contribution < 1.29 is 18.0 Å². The Morgan fingerprint density at radius 1 is 1.35 bits per heavy atom. The van der Waals surface area contributed by atoms with Gasteiger partial charge in [0, 0.05) is 24.3 Å². The second kappa shape index (κ2) is 5.53. The van der Waals surface area contributed by atoms with E-state index in [0.717, 1.165) is 10.9 Å². The summed E-state index contributed by atoms with van der Waals surface area (Å²) in [5.41, 5.74) is 0.105. The molecule has 0 saturated heterocycles. The van der Waals surface area contributed by atoms with Crippen LogP contribution in [0.25, 0.3) is 10.9 Å². The monoisotopic (exact) mass is 322 g/mol. The van der Waals surface area contributed by atoms with Gasteiger partial charge in [-0.05, 0) is 31.0 Å². The first-order valence-electron chi connectivity index (χ1n) is 6.92. The number of carbonyl (C=O) groups is 1. The van der Waals surface area contributed by atoms with E-state index in [4.69, 9.17) is 0 Å². The maximum Gasteiger partial charge on any atom is 0.429 e. The van der Waals surface area contributed by atoms with Crippen LogP contribution in [0.1, 0.15) is 12.8 Å². The van der Waals surface area contributed by atoms with Crippen LogP contribution in [0, 0.1) is 0 Å². The number of aryl methyl sites for hydroxylation is 1. The first-order chi connectivity index (χ1) is 10.8. The fourth-order valence-electron chi connectivity index (χ4n) is 2.36. The minimum absolute atomic E-state index is 0.142. The number of hydrogen-bond donors (Lipinski definition) is 1. The lowest BCUT2D eigenvalue weighted by molar-refractivity contribution is -0.112. The Morgan fingerprint density at radius 3 is 2.87 bits per heavy atom. The number of carbonyl (C=O) groups excluding carboxylic acids is 1. The minimum atomic E-state index is -4.51. The summed E-state index contributed by atoms with van der Waals surface area (Å²) in [6, 6.07) is 5.08. The molecule has 23 heavy (non-hydrogen) atoms. The zero-order valence-electron chi connectivity index (χ0n) is 12.2. The van der Waals surface area contributed by atoms with E-state index in [1.165, 1.54) is 6.08 Å². The van der Waals surface area contributed by atoms with E-state index in [9.17, 15) is 18.0 Å². The van der Waals surface area contributed by atoms with Gasteiger partial charge in [0.05, 0.1) is 5.52 Å². The molecule has 0 atom stereocenters. The number of nitrogens with zero attached hydrogens (tertiary/aromatic N) is 3. The number of fused-ring (bicyclic) bond motifs is 1. The Morgan fingerprint density at radius 2 is 2.13 bits per heavy atom. The quantitative estimate of drug-likeness (QED) is 0.923. The maximum absolute atomic E-state index is 12.7. The van der Waals surface area contributed by atoms with E-state index in [0.29, 0.717) is 5.69 Å². The smallest absolute Gasteiger partial charge is 0.321 e. The summed E-state index contributed by atoms with van der Waals surface area (Å²) in [6.45, 7) is 0. The van der Waals surface area contributed by atoms with Crippen LogP contribution < -0.4 is 5.32 Å². The molecule has 0 spiro atoms. The van der Waals surface area contributed by atoms with Crippen molar-refractivity contribution in [2.45, 2.75) is 19.0 Å². The summed E-state index contributed by atoms with van der Waals surface area (Å²) in [4.78, 5) is 15.5. The molecule has 1 amide bonds. The normalized spacial score (nSPS) is 15.3. The zero-order chi connectivity index (χ0) is 16.6. The molecule has 120 valence electrons. The molecule has 1 aliphatic heterocycles. The van der Waals surface area contributed by atoms with Gasteiger partial charge in [0.2, 0.25) is 0 Å². The van der Waals surface area contributed by atoms with Crippen molar-refractivity contribution in [1.29, 1.82) is 0 Å². The molecule has 1 aromatic heterocycles. The van der Waals surface area contributed by atoms with Crippen LogP contribution in [0.4, 0.5) is 18.9 Å². The number of nitrogens with one attached hydrogen (secondary N) is 1. The van der Waals surface area contributed by atoms with Gasteiger partial charge in [-0.15, -0.1) is 0 Å². The molecule has 2 aromatic rings. The number of alkyl halides is 3. The van der Waals surface area contributed by atoms with Crippen LogP contribution in [-0.4, -0.2) is 27.6 Å². The highest BCUT2D eigenvalue weighted by atomic mass is 19.4. The van der Waals surface area contributed by atoms with E-state index >= 15 is 0 Å². The number of allylic oxidation sites excluding steroid dienone is 1. The number of hydrogen-bond acceptors (Lipinski definition) is 3. The van der Waals surface area contributed by atoms with Crippen molar-refractivity contribution in [3.05, 3.63) is 36.2 Å². The summed E-state index contributed by atoms with van der Waals surface area (Å²) >= 11 is 0. The molecule has 1 aromatic carbocycles. The second-order valence-corrected chi connectivity index (χ2v) is 5.21. The summed E-state index contributed by atoms with van der Waals surface area (Å²) in [5, 5.41) is 7.59. The van der Waals surface area contributed by atoms with Crippen LogP contribution in [0.5, 0.6) is 0 Å². The number of benzene rings is 1. The van der Waals surface area contributed by atoms with Gasteiger partial charge in [-0.2, -0.15) is 18.3 Å². The summed E-state index contributed by atoms with van der Waals surface area (Å²) in [6.07, 6.45) is -1.38. The molecule has 0 radical (unpaired) electrons. The molecule has 0 bridgehead atoms. The van der Waals surface area contributed by atoms with Gasteiger partial charge >= 0.3 is 6.18 Å². The van der Waals surface area contributed by atoms with Crippen molar-refractivity contribution in [2.24, 2.45) is 12.0 Å². The largest absolute Gasteiger partial charge is 0.429 e. The average molecular weight is 322 g/mol. The molecule has 0 aliphatic carbocycles. The van der Waals surface area contributed by atoms with Crippen molar-refractivity contribution in [3.63, 3.8) is 0 Å². The van der Waals surface area contributed by atoms with E-state index < -0.39 is 17.8 Å². The van der Waals surface area contributed by atoms with Crippen molar-refractivity contribution >= 4 is 28.2 Å². The number of anilines is 1. The van der Waals surface area contributed by atoms with Gasteiger partial charge in [-0.1, -0.05) is 6.08 Å². The fourth-order valence-corrected chi connectivity index (χ4v) is 2.36. The molecule has 0 saturated carbocycles. The van der Waals surface area contributed by atoms with Crippen LogP contribution in [0.15, 0.2) is 41.2 Å².